The van der Waals surface area contributed by atoms with E-state index in [-0.39, 0.29) is 23.9 Å². The number of anilines is 1. The number of nitro groups is 1. The van der Waals surface area contributed by atoms with Crippen molar-refractivity contribution >= 4 is 45.8 Å². The highest BCUT2D eigenvalue weighted by Crippen LogP contribution is 2.26. The summed E-state index contributed by atoms with van der Waals surface area (Å²) in [6, 6.07) is 17.6. The van der Waals surface area contributed by atoms with E-state index in [2.05, 4.69) is 11.1 Å². The number of nitrogen functional groups attached to an aromatic ring is 1. The number of H-pyrrole nitrogens is 1. The Bertz CT molecular complexity index is 1190. The zero-order valence-electron chi connectivity index (χ0n) is 13.3. The van der Waals surface area contributed by atoms with E-state index in [9.17, 15) is 15.4 Å². The van der Waals surface area contributed by atoms with Gasteiger partial charge in [0.15, 0.2) is 5.52 Å². The minimum absolute atomic E-state index is 0. The number of non-ortho nitro benzene ring substituents is 1. The molecule has 0 amide bonds. The Labute approximate surface area is 153 Å². The number of hydrogen-bond donors (Lipinski definition) is 2. The van der Waals surface area contributed by atoms with Crippen LogP contribution in [0, 0.1) is 21.4 Å². The highest BCUT2D eigenvalue weighted by molar-refractivity contribution is 6.03. The average molecular weight is 367 g/mol. The summed E-state index contributed by atoms with van der Waals surface area (Å²) in [6.07, 6.45) is 0. The van der Waals surface area contributed by atoms with Gasteiger partial charge >= 0.3 is 0 Å². The number of nitrogens with zero attached hydrogens (tertiary/aromatic N) is 3. The van der Waals surface area contributed by atoms with E-state index in [4.69, 9.17) is 5.73 Å². The first-order chi connectivity index (χ1) is 12.1. The highest BCUT2D eigenvalue weighted by atomic mass is 35.5. The number of aromatic amines is 1. The predicted octanol–water partition coefficient (Wildman–Crippen LogP) is 3.38. The van der Waals surface area contributed by atoms with Gasteiger partial charge in [0.2, 0.25) is 0 Å². The molecule has 0 bridgehead atoms. The highest BCUT2D eigenvalue weighted by Gasteiger charge is 2.22. The van der Waals surface area contributed by atoms with Crippen molar-refractivity contribution in [1.29, 1.82) is 5.26 Å². The van der Waals surface area contributed by atoms with Gasteiger partial charge in [0.25, 0.3) is 11.5 Å². The summed E-state index contributed by atoms with van der Waals surface area (Å²) in [5.41, 5.74) is 9.71. The van der Waals surface area contributed by atoms with Crippen molar-refractivity contribution in [1.82, 2.24) is 4.98 Å². The number of nitrogens with two attached hydrogens (primary N) is 1. The Morgan fingerprint density at radius 2 is 1.81 bits per heavy atom. The summed E-state index contributed by atoms with van der Waals surface area (Å²) in [7, 11) is 0. The van der Waals surface area contributed by atoms with Crippen LogP contribution in [-0.4, -0.2) is 9.91 Å². The molecule has 0 unspecified atom stereocenters. The lowest BCUT2D eigenvalue weighted by Crippen LogP contribution is -2.36. The number of nitriles is 1. The van der Waals surface area contributed by atoms with Crippen molar-refractivity contribution in [3.63, 3.8) is 0 Å². The van der Waals surface area contributed by atoms with Gasteiger partial charge in [-0.1, -0.05) is 12.1 Å². The van der Waals surface area contributed by atoms with Crippen LogP contribution in [0.3, 0.4) is 0 Å². The molecule has 2 heterocycles. The van der Waals surface area contributed by atoms with E-state index >= 15 is 0 Å². The zero-order chi connectivity index (χ0) is 17.6. The van der Waals surface area contributed by atoms with Crippen molar-refractivity contribution in [2.24, 2.45) is 0 Å². The van der Waals surface area contributed by atoms with Gasteiger partial charge in [-0.25, -0.2) is 0 Å². The lowest BCUT2D eigenvalue weighted by molar-refractivity contribution is -0.550. The molecular formula is C18H13ClN5O2+. The van der Waals surface area contributed by atoms with Crippen LogP contribution in [0.2, 0.25) is 0 Å². The number of pyridine rings is 1. The molecule has 0 atom stereocenters. The van der Waals surface area contributed by atoms with Gasteiger partial charge in [-0.05, 0) is 30.3 Å². The van der Waals surface area contributed by atoms with Gasteiger partial charge in [-0.15, -0.1) is 12.4 Å². The van der Waals surface area contributed by atoms with Crippen LogP contribution in [0.1, 0.15) is 5.56 Å². The van der Waals surface area contributed by atoms with E-state index < -0.39 is 4.92 Å². The molecule has 4 rings (SSSR count). The predicted molar refractivity (Wildman–Crippen MR) is 100 cm³/mol. The van der Waals surface area contributed by atoms with E-state index in [0.717, 1.165) is 21.9 Å². The van der Waals surface area contributed by atoms with E-state index in [1.165, 1.54) is 12.1 Å². The number of aromatic nitrogens is 2. The van der Waals surface area contributed by atoms with Gasteiger partial charge in [-0.3, -0.25) is 15.8 Å². The summed E-state index contributed by atoms with van der Waals surface area (Å²) in [6.45, 7) is 0. The fourth-order valence-corrected chi connectivity index (χ4v) is 3.03. The molecule has 2 aromatic carbocycles. The molecule has 3 N–H and O–H groups in total. The van der Waals surface area contributed by atoms with Gasteiger partial charge < -0.3 is 4.98 Å². The van der Waals surface area contributed by atoms with Crippen LogP contribution < -0.4 is 10.3 Å². The molecule has 8 heteroatoms. The summed E-state index contributed by atoms with van der Waals surface area (Å²) in [5.74, 6) is 0.286. The number of para-hydroxylation sites is 1. The Kier molecular flexibility index (Phi) is 4.20. The third-order valence-corrected chi connectivity index (χ3v) is 4.17. The molecule has 0 fully saturated rings. The van der Waals surface area contributed by atoms with Crippen molar-refractivity contribution in [3.8, 4) is 11.8 Å². The number of fused-ring (bicyclic) bond motifs is 3. The zero-order valence-corrected chi connectivity index (χ0v) is 14.2. The third kappa shape index (κ3) is 2.49. The number of rotatable bonds is 2. The number of nitrogens with one attached hydrogen (secondary N) is 1. The molecular weight excluding hydrogens is 354 g/mol. The minimum atomic E-state index is -0.454. The molecule has 7 nitrogen and oxygen atoms in total. The number of benzene rings is 2. The Morgan fingerprint density at radius 1 is 1.12 bits per heavy atom. The maximum Gasteiger partial charge on any atom is 0.296 e. The topological polar surface area (TPSA) is 113 Å². The van der Waals surface area contributed by atoms with Gasteiger partial charge in [-0.2, -0.15) is 9.83 Å². The molecule has 0 aliphatic heterocycles. The third-order valence-electron chi connectivity index (χ3n) is 4.17. The van der Waals surface area contributed by atoms with Crippen LogP contribution in [0.25, 0.3) is 27.6 Å². The van der Waals surface area contributed by atoms with Crippen molar-refractivity contribution in [2.45, 2.75) is 0 Å². The monoisotopic (exact) mass is 366 g/mol. The molecule has 2 aromatic heterocycles. The molecule has 0 spiro atoms. The van der Waals surface area contributed by atoms with Crippen LogP contribution >= 0.6 is 12.4 Å². The summed E-state index contributed by atoms with van der Waals surface area (Å²) in [5, 5.41) is 21.2. The first kappa shape index (κ1) is 17.2. The van der Waals surface area contributed by atoms with Crippen LogP contribution in [0.15, 0.2) is 54.6 Å². The maximum atomic E-state index is 10.9. The smallest absolute Gasteiger partial charge is 0.296 e. The fourth-order valence-electron chi connectivity index (χ4n) is 3.03. The van der Waals surface area contributed by atoms with Crippen LogP contribution in [-0.2, 0) is 0 Å². The number of hydrogen-bond acceptors (Lipinski definition) is 4. The number of halogens is 1. The lowest BCUT2D eigenvalue weighted by Gasteiger charge is -2.06. The standard InChI is InChI=1S/C18H11N5O2.ClH/c19-10-11-9-16-17(14-3-1-2-4-15(14)21-16)22(18(11)20)12-5-7-13(8-6-12)23(24)25;/h1-9H,(H2,20,21);1H/p+1. The Morgan fingerprint density at radius 3 is 2.46 bits per heavy atom. The molecule has 0 saturated carbocycles. The molecule has 0 radical (unpaired) electrons. The minimum Gasteiger partial charge on any atom is -0.351 e. The first-order valence-electron chi connectivity index (χ1n) is 7.50. The maximum absolute atomic E-state index is 10.9. The second-order valence-electron chi connectivity index (χ2n) is 5.60. The van der Waals surface area contributed by atoms with E-state index in [1.807, 2.05) is 24.3 Å². The molecule has 26 heavy (non-hydrogen) atoms. The molecule has 4 aromatic rings. The SMILES string of the molecule is Cl.N#Cc1cc2[nH]c3ccccc3c2[n+](-c2ccc([N+](=O)[O-])cc2)c1N. The van der Waals surface area contributed by atoms with Gasteiger partial charge in [0.1, 0.15) is 17.3 Å². The first-order valence-corrected chi connectivity index (χ1v) is 7.50. The lowest BCUT2D eigenvalue weighted by atomic mass is 10.1. The van der Waals surface area contributed by atoms with E-state index in [0.29, 0.717) is 11.3 Å². The Hall–Kier alpha value is -3.63. The molecule has 0 aliphatic carbocycles. The second-order valence-corrected chi connectivity index (χ2v) is 5.60. The average Bonchev–Trinajstić information content (AvgIpc) is 2.99. The van der Waals surface area contributed by atoms with Crippen molar-refractivity contribution in [2.75, 3.05) is 5.73 Å². The van der Waals surface area contributed by atoms with Crippen molar-refractivity contribution in [3.05, 3.63) is 70.3 Å². The summed E-state index contributed by atoms with van der Waals surface area (Å²) < 4.78 is 1.75. The largest absolute Gasteiger partial charge is 0.351 e. The van der Waals surface area contributed by atoms with Crippen LogP contribution in [0.4, 0.5) is 11.5 Å². The van der Waals surface area contributed by atoms with Crippen LogP contribution in [0.5, 0.6) is 0 Å². The molecule has 0 aliphatic rings. The van der Waals surface area contributed by atoms with Gasteiger partial charge in [0, 0.05) is 17.5 Å². The number of nitro benzene ring substituents is 1. The Balaban J connectivity index is 0.00000196. The molecule has 128 valence electrons. The molecule has 0 saturated heterocycles. The fraction of sp³-hybridized carbons (Fsp3) is 0. The van der Waals surface area contributed by atoms with E-state index in [1.54, 1.807) is 22.8 Å². The summed E-state index contributed by atoms with van der Waals surface area (Å²) in [4.78, 5) is 13.7. The second kappa shape index (κ2) is 6.35. The summed E-state index contributed by atoms with van der Waals surface area (Å²) >= 11 is 0. The quantitative estimate of drug-likeness (QED) is 0.321. The van der Waals surface area contributed by atoms with Gasteiger partial charge in [0.05, 0.1) is 16.0 Å². The normalized spacial score (nSPS) is 10.4. The van der Waals surface area contributed by atoms with Crippen molar-refractivity contribution < 1.29 is 9.49 Å².